The van der Waals surface area contributed by atoms with Gasteiger partial charge in [-0.05, 0) is 50.2 Å². The third-order valence-electron chi connectivity index (χ3n) is 3.99. The number of hydrogen-bond donors (Lipinski definition) is 1. The molecule has 1 amide bonds. The number of anilines is 1. The maximum Gasteiger partial charge on any atom is 0.416 e. The normalized spacial score (nSPS) is 16.7. The van der Waals surface area contributed by atoms with Crippen molar-refractivity contribution in [3.8, 4) is 0 Å². The maximum atomic E-state index is 12.5. The van der Waals surface area contributed by atoms with Crippen molar-refractivity contribution < 1.29 is 27.5 Å². The van der Waals surface area contributed by atoms with Crippen LogP contribution in [0.25, 0.3) is 0 Å². The van der Waals surface area contributed by atoms with Crippen molar-refractivity contribution in [1.29, 1.82) is 0 Å². The van der Waals surface area contributed by atoms with E-state index in [1.54, 1.807) is 0 Å². The molecule has 1 saturated heterocycles. The molecule has 1 aliphatic heterocycles. The molecular formula is C16H19F3N2O3. The summed E-state index contributed by atoms with van der Waals surface area (Å²) < 4.78 is 42.1. The van der Waals surface area contributed by atoms with Gasteiger partial charge in [0.25, 0.3) is 0 Å². The predicted molar refractivity (Wildman–Crippen MR) is 81.3 cm³/mol. The van der Waals surface area contributed by atoms with Crippen LogP contribution in [-0.2, 0) is 20.5 Å². The summed E-state index contributed by atoms with van der Waals surface area (Å²) >= 11 is 0. The highest BCUT2D eigenvalue weighted by Gasteiger charge is 2.30. The van der Waals surface area contributed by atoms with Crippen LogP contribution in [0.4, 0.5) is 18.9 Å². The number of piperidine rings is 1. The largest absolute Gasteiger partial charge is 0.469 e. The van der Waals surface area contributed by atoms with Crippen LogP contribution in [0.5, 0.6) is 0 Å². The number of nitrogens with one attached hydrogen (secondary N) is 1. The van der Waals surface area contributed by atoms with E-state index in [2.05, 4.69) is 5.32 Å². The number of carbonyl (C=O) groups excluding carboxylic acids is 2. The van der Waals surface area contributed by atoms with Crippen molar-refractivity contribution in [2.45, 2.75) is 19.0 Å². The van der Waals surface area contributed by atoms with E-state index in [1.165, 1.54) is 19.2 Å². The van der Waals surface area contributed by atoms with E-state index in [1.807, 2.05) is 4.90 Å². The highest BCUT2D eigenvalue weighted by Crippen LogP contribution is 2.29. The number of likely N-dealkylation sites (tertiary alicyclic amines) is 1. The molecule has 0 radical (unpaired) electrons. The fourth-order valence-corrected chi connectivity index (χ4v) is 2.64. The molecule has 0 aliphatic carbocycles. The molecule has 0 spiro atoms. The van der Waals surface area contributed by atoms with Gasteiger partial charge in [-0.3, -0.25) is 14.5 Å². The van der Waals surface area contributed by atoms with Crippen molar-refractivity contribution in [3.05, 3.63) is 29.8 Å². The van der Waals surface area contributed by atoms with E-state index in [-0.39, 0.29) is 24.3 Å². The van der Waals surface area contributed by atoms with E-state index >= 15 is 0 Å². The number of alkyl halides is 3. The summed E-state index contributed by atoms with van der Waals surface area (Å²) in [5, 5.41) is 2.57. The standard InChI is InChI=1S/C16H19F3N2O3/c1-24-15(23)11-6-8-21(9-7-11)10-14(22)20-13-4-2-12(3-5-13)16(17,18)19/h2-5,11H,6-10H2,1H3,(H,20,22). The van der Waals surface area contributed by atoms with Gasteiger partial charge in [0.1, 0.15) is 0 Å². The first-order valence-electron chi connectivity index (χ1n) is 7.57. The molecule has 1 aromatic carbocycles. The minimum Gasteiger partial charge on any atom is -0.469 e. The zero-order valence-corrected chi connectivity index (χ0v) is 13.2. The number of esters is 1. The lowest BCUT2D eigenvalue weighted by Gasteiger charge is -2.29. The predicted octanol–water partition coefficient (Wildman–Crippen LogP) is 2.53. The number of amides is 1. The second-order valence-electron chi connectivity index (χ2n) is 5.70. The van der Waals surface area contributed by atoms with E-state index in [4.69, 9.17) is 4.74 Å². The lowest BCUT2D eigenvalue weighted by molar-refractivity contribution is -0.147. The molecular weight excluding hydrogens is 325 g/mol. The Morgan fingerprint density at radius 3 is 2.29 bits per heavy atom. The Morgan fingerprint density at radius 1 is 1.21 bits per heavy atom. The molecule has 0 aromatic heterocycles. The maximum absolute atomic E-state index is 12.5. The average molecular weight is 344 g/mol. The van der Waals surface area contributed by atoms with E-state index < -0.39 is 11.7 Å². The number of hydrogen-bond acceptors (Lipinski definition) is 4. The van der Waals surface area contributed by atoms with Crippen molar-refractivity contribution >= 4 is 17.6 Å². The monoisotopic (exact) mass is 344 g/mol. The first-order chi connectivity index (χ1) is 11.3. The second-order valence-corrected chi connectivity index (χ2v) is 5.70. The number of rotatable bonds is 4. The summed E-state index contributed by atoms with van der Waals surface area (Å²) in [5.74, 6) is -0.667. The zero-order chi connectivity index (χ0) is 17.7. The van der Waals surface area contributed by atoms with Crippen molar-refractivity contribution in [3.63, 3.8) is 0 Å². The Morgan fingerprint density at radius 2 is 1.79 bits per heavy atom. The molecule has 24 heavy (non-hydrogen) atoms. The number of methoxy groups -OCH3 is 1. The van der Waals surface area contributed by atoms with Gasteiger partial charge < -0.3 is 10.1 Å². The molecule has 1 heterocycles. The smallest absolute Gasteiger partial charge is 0.416 e. The van der Waals surface area contributed by atoms with Gasteiger partial charge in [0.2, 0.25) is 5.91 Å². The van der Waals surface area contributed by atoms with Crippen LogP contribution in [-0.4, -0.2) is 43.5 Å². The average Bonchev–Trinajstić information content (AvgIpc) is 2.54. The number of nitrogens with zero attached hydrogens (tertiary/aromatic N) is 1. The van der Waals surface area contributed by atoms with Crippen molar-refractivity contribution in [2.24, 2.45) is 5.92 Å². The highest BCUT2D eigenvalue weighted by atomic mass is 19.4. The minimum absolute atomic E-state index is 0.134. The molecule has 8 heteroatoms. The highest BCUT2D eigenvalue weighted by molar-refractivity contribution is 5.92. The Labute approximate surface area is 137 Å². The van der Waals surface area contributed by atoms with Gasteiger partial charge >= 0.3 is 12.1 Å². The molecule has 1 N–H and O–H groups in total. The summed E-state index contributed by atoms with van der Waals surface area (Å²) in [6, 6.07) is 4.31. The van der Waals surface area contributed by atoms with Crippen LogP contribution in [0.1, 0.15) is 18.4 Å². The number of halogens is 3. The molecule has 1 aromatic rings. The van der Waals surface area contributed by atoms with Crippen LogP contribution < -0.4 is 5.32 Å². The lowest BCUT2D eigenvalue weighted by atomic mass is 9.97. The van der Waals surface area contributed by atoms with E-state index in [0.717, 1.165) is 12.1 Å². The van der Waals surface area contributed by atoms with Crippen LogP contribution in [0, 0.1) is 5.92 Å². The molecule has 5 nitrogen and oxygen atoms in total. The van der Waals surface area contributed by atoms with Crippen LogP contribution in [0.3, 0.4) is 0 Å². The molecule has 2 rings (SSSR count). The Balaban J connectivity index is 1.81. The fraction of sp³-hybridized carbons (Fsp3) is 0.500. The fourth-order valence-electron chi connectivity index (χ4n) is 2.64. The molecule has 0 saturated carbocycles. The first kappa shape index (κ1) is 18.3. The van der Waals surface area contributed by atoms with Crippen LogP contribution in [0.2, 0.25) is 0 Å². The van der Waals surface area contributed by atoms with Gasteiger partial charge in [0.15, 0.2) is 0 Å². The van der Waals surface area contributed by atoms with Crippen LogP contribution >= 0.6 is 0 Å². The Kier molecular flexibility index (Phi) is 5.82. The SMILES string of the molecule is COC(=O)C1CCN(CC(=O)Nc2ccc(C(F)(F)F)cc2)CC1. The minimum atomic E-state index is -4.40. The molecule has 0 atom stereocenters. The number of benzene rings is 1. The molecule has 132 valence electrons. The van der Waals surface area contributed by atoms with E-state index in [9.17, 15) is 22.8 Å². The Bertz CT molecular complexity index is 579. The van der Waals surface area contributed by atoms with Gasteiger partial charge in [-0.15, -0.1) is 0 Å². The Hall–Kier alpha value is -2.09. The van der Waals surface area contributed by atoms with Crippen LogP contribution in [0.15, 0.2) is 24.3 Å². The number of carbonyl (C=O) groups is 2. The zero-order valence-electron chi connectivity index (χ0n) is 13.2. The summed E-state index contributed by atoms with van der Waals surface area (Å²) in [7, 11) is 1.35. The van der Waals surface area contributed by atoms with Gasteiger partial charge in [-0.1, -0.05) is 0 Å². The lowest BCUT2D eigenvalue weighted by Crippen LogP contribution is -2.41. The van der Waals surface area contributed by atoms with Gasteiger partial charge in [-0.2, -0.15) is 13.2 Å². The summed E-state index contributed by atoms with van der Waals surface area (Å²) in [5.41, 5.74) is -0.442. The van der Waals surface area contributed by atoms with Gasteiger partial charge in [-0.25, -0.2) is 0 Å². The molecule has 1 aliphatic rings. The quantitative estimate of drug-likeness (QED) is 0.853. The topological polar surface area (TPSA) is 58.6 Å². The van der Waals surface area contributed by atoms with E-state index in [0.29, 0.717) is 31.6 Å². The van der Waals surface area contributed by atoms with Crippen molar-refractivity contribution in [2.75, 3.05) is 32.1 Å². The second kappa shape index (κ2) is 7.65. The van der Waals surface area contributed by atoms with Gasteiger partial charge in [0, 0.05) is 5.69 Å². The van der Waals surface area contributed by atoms with Crippen molar-refractivity contribution in [1.82, 2.24) is 4.90 Å². The third kappa shape index (κ3) is 4.95. The first-order valence-corrected chi connectivity index (χ1v) is 7.57. The molecule has 0 bridgehead atoms. The summed E-state index contributed by atoms with van der Waals surface area (Å²) in [6.07, 6.45) is -3.15. The molecule has 0 unspecified atom stereocenters. The summed E-state index contributed by atoms with van der Waals surface area (Å²) in [6.45, 7) is 1.33. The van der Waals surface area contributed by atoms with Gasteiger partial charge in [0.05, 0.1) is 25.1 Å². The molecule has 1 fully saturated rings. The third-order valence-corrected chi connectivity index (χ3v) is 3.99. The summed E-state index contributed by atoms with van der Waals surface area (Å²) in [4.78, 5) is 25.3. The number of ether oxygens (including phenoxy) is 1.